The van der Waals surface area contributed by atoms with Crippen LogP contribution in [0.1, 0.15) is 12.8 Å². The summed E-state index contributed by atoms with van der Waals surface area (Å²) >= 11 is 0. The Morgan fingerprint density at radius 1 is 1.00 bits per heavy atom. The first-order valence-corrected chi connectivity index (χ1v) is 8.64. The molecule has 1 aromatic heterocycles. The molecule has 3 aromatic rings. The van der Waals surface area contributed by atoms with Crippen molar-refractivity contribution in [2.45, 2.75) is 19.6 Å². The Hall–Kier alpha value is -3.55. The van der Waals surface area contributed by atoms with Crippen molar-refractivity contribution in [3.05, 3.63) is 54.4 Å². The molecule has 8 heteroatoms. The van der Waals surface area contributed by atoms with Gasteiger partial charge in [0.2, 0.25) is 11.7 Å². The van der Waals surface area contributed by atoms with Gasteiger partial charge in [-0.25, -0.2) is 0 Å². The van der Waals surface area contributed by atoms with Crippen LogP contribution in [0.2, 0.25) is 0 Å². The lowest BCUT2D eigenvalue weighted by atomic mass is 10.2. The first-order valence-electron chi connectivity index (χ1n) is 8.64. The van der Waals surface area contributed by atoms with E-state index in [-0.39, 0.29) is 12.5 Å². The second-order valence-corrected chi connectivity index (χ2v) is 5.89. The van der Waals surface area contributed by atoms with Gasteiger partial charge in [-0.15, -0.1) is 0 Å². The van der Waals surface area contributed by atoms with Crippen LogP contribution in [-0.4, -0.2) is 36.4 Å². The summed E-state index contributed by atoms with van der Waals surface area (Å²) in [6.07, 6.45) is -0.683. The highest BCUT2D eigenvalue weighted by Gasteiger charge is 2.16. The fraction of sp³-hybridized carbons (Fsp3) is 0.250. The van der Waals surface area contributed by atoms with Crippen LogP contribution in [-0.2, 0) is 11.3 Å². The number of nitrogens with one attached hydrogen (secondary N) is 1. The van der Waals surface area contributed by atoms with Crippen LogP contribution >= 0.6 is 0 Å². The fourth-order valence-corrected chi connectivity index (χ4v) is 2.40. The average molecular weight is 383 g/mol. The van der Waals surface area contributed by atoms with Crippen molar-refractivity contribution in [1.29, 1.82) is 0 Å². The summed E-state index contributed by atoms with van der Waals surface area (Å²) in [5.41, 5.74) is 0.790. The third-order valence-electron chi connectivity index (χ3n) is 3.97. The molecule has 3 rings (SSSR count). The molecule has 0 spiro atoms. The van der Waals surface area contributed by atoms with Crippen molar-refractivity contribution in [3.8, 4) is 28.6 Å². The molecule has 0 saturated heterocycles. The van der Waals surface area contributed by atoms with E-state index in [1.165, 1.54) is 0 Å². The maximum atomic E-state index is 12.2. The molecule has 2 aromatic carbocycles. The molecule has 0 aliphatic rings. The summed E-state index contributed by atoms with van der Waals surface area (Å²) in [6, 6.07) is 14.3. The summed E-state index contributed by atoms with van der Waals surface area (Å²) < 4.78 is 21.0. The highest BCUT2D eigenvalue weighted by atomic mass is 16.5. The first kappa shape index (κ1) is 19.2. The summed E-state index contributed by atoms with van der Waals surface area (Å²) in [5.74, 6) is 2.48. The van der Waals surface area contributed by atoms with E-state index >= 15 is 0 Å². The van der Waals surface area contributed by atoms with Crippen LogP contribution in [0.15, 0.2) is 53.1 Å². The third-order valence-corrected chi connectivity index (χ3v) is 3.97. The van der Waals surface area contributed by atoms with Crippen LogP contribution in [0.4, 0.5) is 0 Å². The molecule has 0 aliphatic carbocycles. The minimum absolute atomic E-state index is 0.109. The molecule has 1 atom stereocenters. The number of methoxy groups -OCH3 is 2. The molecule has 0 saturated carbocycles. The third kappa shape index (κ3) is 4.79. The fourth-order valence-electron chi connectivity index (χ4n) is 2.40. The molecule has 0 radical (unpaired) electrons. The van der Waals surface area contributed by atoms with Gasteiger partial charge in [-0.1, -0.05) is 5.16 Å². The Morgan fingerprint density at radius 2 is 1.57 bits per heavy atom. The number of hydrogen-bond donors (Lipinski definition) is 1. The summed E-state index contributed by atoms with van der Waals surface area (Å²) in [6.45, 7) is 1.77. The smallest absolute Gasteiger partial charge is 0.261 e. The van der Waals surface area contributed by atoms with Crippen molar-refractivity contribution in [3.63, 3.8) is 0 Å². The summed E-state index contributed by atoms with van der Waals surface area (Å²) in [7, 11) is 3.19. The number of benzene rings is 2. The molecule has 0 aliphatic heterocycles. The van der Waals surface area contributed by atoms with Gasteiger partial charge in [-0.2, -0.15) is 4.98 Å². The van der Waals surface area contributed by atoms with E-state index in [9.17, 15) is 4.79 Å². The molecule has 146 valence electrons. The minimum atomic E-state index is -0.683. The van der Waals surface area contributed by atoms with Crippen molar-refractivity contribution in [1.82, 2.24) is 15.5 Å². The minimum Gasteiger partial charge on any atom is -0.497 e. The zero-order valence-electron chi connectivity index (χ0n) is 15.8. The topological polar surface area (TPSA) is 95.7 Å². The van der Waals surface area contributed by atoms with E-state index in [1.54, 1.807) is 45.4 Å². The maximum absolute atomic E-state index is 12.2. The van der Waals surface area contributed by atoms with Gasteiger partial charge in [0.15, 0.2) is 6.10 Å². The lowest BCUT2D eigenvalue weighted by Crippen LogP contribution is -2.35. The molecule has 0 fully saturated rings. The number of amides is 1. The lowest BCUT2D eigenvalue weighted by molar-refractivity contribution is -0.127. The number of rotatable bonds is 8. The predicted molar refractivity (Wildman–Crippen MR) is 101 cm³/mol. The van der Waals surface area contributed by atoms with E-state index in [2.05, 4.69) is 15.5 Å². The SMILES string of the molecule is COc1ccc(O[C@@H](C)C(=O)NCc2nc(-c3ccc(OC)cc3)no2)cc1. The zero-order chi connectivity index (χ0) is 19.9. The zero-order valence-corrected chi connectivity index (χ0v) is 15.8. The van der Waals surface area contributed by atoms with Crippen LogP contribution in [0.3, 0.4) is 0 Å². The van der Waals surface area contributed by atoms with Crippen molar-refractivity contribution >= 4 is 5.91 Å². The summed E-state index contributed by atoms with van der Waals surface area (Å²) in [4.78, 5) is 16.5. The maximum Gasteiger partial charge on any atom is 0.261 e. The van der Waals surface area contributed by atoms with E-state index in [0.717, 1.165) is 11.3 Å². The number of aromatic nitrogens is 2. The van der Waals surface area contributed by atoms with Gasteiger partial charge in [0, 0.05) is 5.56 Å². The Kier molecular flexibility index (Phi) is 6.11. The predicted octanol–water partition coefficient (Wildman–Crippen LogP) is 2.84. The largest absolute Gasteiger partial charge is 0.497 e. The molecule has 1 heterocycles. The Balaban J connectivity index is 1.52. The van der Waals surface area contributed by atoms with Crippen LogP contribution in [0.25, 0.3) is 11.4 Å². The van der Waals surface area contributed by atoms with E-state index in [4.69, 9.17) is 18.7 Å². The molecule has 8 nitrogen and oxygen atoms in total. The van der Waals surface area contributed by atoms with Crippen LogP contribution in [0.5, 0.6) is 17.2 Å². The van der Waals surface area contributed by atoms with Gasteiger partial charge >= 0.3 is 0 Å². The van der Waals surface area contributed by atoms with Gasteiger partial charge < -0.3 is 24.1 Å². The normalized spacial score (nSPS) is 11.5. The van der Waals surface area contributed by atoms with E-state index in [0.29, 0.717) is 23.2 Å². The molecule has 0 unspecified atom stereocenters. The number of ether oxygens (including phenoxy) is 3. The monoisotopic (exact) mass is 383 g/mol. The van der Waals surface area contributed by atoms with Crippen LogP contribution in [0, 0.1) is 0 Å². The standard InChI is InChI=1S/C20H21N3O5/c1-13(27-17-10-8-16(26-3)9-11-17)20(24)21-12-18-22-19(23-28-18)14-4-6-15(25-2)7-5-14/h4-11,13H,12H2,1-3H3,(H,21,24)/t13-/m0/s1. The van der Waals surface area contributed by atoms with Gasteiger partial charge in [0.25, 0.3) is 5.91 Å². The van der Waals surface area contributed by atoms with Gasteiger partial charge in [-0.05, 0) is 55.5 Å². The van der Waals surface area contributed by atoms with E-state index in [1.807, 2.05) is 24.3 Å². The van der Waals surface area contributed by atoms with Crippen molar-refractivity contribution in [2.75, 3.05) is 14.2 Å². The van der Waals surface area contributed by atoms with E-state index < -0.39 is 6.10 Å². The van der Waals surface area contributed by atoms with Gasteiger partial charge in [-0.3, -0.25) is 4.79 Å². The highest BCUT2D eigenvalue weighted by molar-refractivity contribution is 5.80. The number of carbonyl (C=O) groups is 1. The molecule has 0 bridgehead atoms. The molecule has 28 heavy (non-hydrogen) atoms. The molecule has 1 N–H and O–H groups in total. The van der Waals surface area contributed by atoms with Crippen molar-refractivity contribution < 1.29 is 23.5 Å². The number of hydrogen-bond acceptors (Lipinski definition) is 7. The number of carbonyl (C=O) groups excluding carboxylic acids is 1. The van der Waals surface area contributed by atoms with Gasteiger partial charge in [0.1, 0.15) is 17.2 Å². The Labute approximate surface area is 162 Å². The molecular weight excluding hydrogens is 362 g/mol. The quantitative estimate of drug-likeness (QED) is 0.639. The number of nitrogens with zero attached hydrogens (tertiary/aromatic N) is 2. The Morgan fingerprint density at radius 3 is 2.18 bits per heavy atom. The average Bonchev–Trinajstić information content (AvgIpc) is 3.21. The molecule has 1 amide bonds. The summed E-state index contributed by atoms with van der Waals surface area (Å²) in [5, 5.41) is 6.65. The van der Waals surface area contributed by atoms with Crippen LogP contribution < -0.4 is 19.5 Å². The second kappa shape index (κ2) is 8.90. The van der Waals surface area contributed by atoms with Gasteiger partial charge in [0.05, 0.1) is 20.8 Å². The molecular formula is C20H21N3O5. The second-order valence-electron chi connectivity index (χ2n) is 5.89. The lowest BCUT2D eigenvalue weighted by Gasteiger charge is -2.14. The van der Waals surface area contributed by atoms with Crippen molar-refractivity contribution in [2.24, 2.45) is 0 Å². The Bertz CT molecular complexity index is 906. The first-order chi connectivity index (χ1) is 13.6. The highest BCUT2D eigenvalue weighted by Crippen LogP contribution is 2.20.